The van der Waals surface area contributed by atoms with Crippen LogP contribution in [0.5, 0.6) is 0 Å². The highest BCUT2D eigenvalue weighted by Gasteiger charge is 2.59. The first-order valence-electron chi connectivity index (χ1n) is 11.5. The van der Waals surface area contributed by atoms with E-state index in [-0.39, 0.29) is 24.4 Å². The van der Waals surface area contributed by atoms with Crippen molar-refractivity contribution in [3.8, 4) is 0 Å². The number of piperidine rings is 2. The molecule has 0 aromatic rings. The Morgan fingerprint density at radius 1 is 0.643 bits per heavy atom. The van der Waals surface area contributed by atoms with Crippen LogP contribution in [-0.4, -0.2) is 96.6 Å². The van der Waals surface area contributed by atoms with Crippen LogP contribution in [0.3, 0.4) is 0 Å². The Hall–Kier alpha value is -1.54. The molecule has 28 heavy (non-hydrogen) atoms. The zero-order valence-electron chi connectivity index (χ0n) is 17.7. The maximum Gasteiger partial charge on any atom is 0.327 e. The molecule has 4 fully saturated rings. The number of quaternary nitrogens is 2. The average molecular weight is 395 g/mol. The normalized spacial score (nSPS) is 29.9. The predicted molar refractivity (Wildman–Crippen MR) is 106 cm³/mol. The van der Waals surface area contributed by atoms with E-state index in [2.05, 4.69) is 0 Å². The molecule has 0 unspecified atom stereocenters. The van der Waals surface area contributed by atoms with Gasteiger partial charge in [-0.15, -0.1) is 0 Å². The van der Waals surface area contributed by atoms with Crippen LogP contribution in [-0.2, 0) is 0 Å². The van der Waals surface area contributed by atoms with Crippen LogP contribution in [0, 0.1) is 0 Å². The third kappa shape index (κ3) is 3.45. The number of nitrogens with one attached hydrogen (secondary N) is 2. The van der Waals surface area contributed by atoms with Gasteiger partial charge in [0, 0.05) is 13.1 Å². The lowest BCUT2D eigenvalue weighted by Crippen LogP contribution is -3.14. The lowest BCUT2D eigenvalue weighted by molar-refractivity contribution is -0.914. The van der Waals surface area contributed by atoms with Crippen molar-refractivity contribution in [3.63, 3.8) is 0 Å². The van der Waals surface area contributed by atoms with E-state index in [1.165, 1.54) is 48.3 Å². The molecule has 4 aliphatic heterocycles. The van der Waals surface area contributed by atoms with E-state index in [9.17, 15) is 9.59 Å². The fourth-order valence-corrected chi connectivity index (χ4v) is 5.63. The quantitative estimate of drug-likeness (QED) is 0.620. The molecule has 4 saturated heterocycles. The highest BCUT2D eigenvalue weighted by Crippen LogP contribution is 2.33. The minimum atomic E-state index is -0.136. The van der Waals surface area contributed by atoms with E-state index >= 15 is 0 Å². The first-order chi connectivity index (χ1) is 13.7. The Labute approximate surface area is 169 Å². The van der Waals surface area contributed by atoms with E-state index in [0.717, 1.165) is 39.5 Å². The number of hydrogen-bond donors (Lipinski definition) is 2. The van der Waals surface area contributed by atoms with Gasteiger partial charge in [0.15, 0.2) is 25.7 Å². The minimum absolute atomic E-state index is 0.111. The first-order valence-corrected chi connectivity index (χ1v) is 11.5. The average Bonchev–Trinajstić information content (AvgIpc) is 3.14. The van der Waals surface area contributed by atoms with E-state index in [4.69, 9.17) is 0 Å². The van der Waals surface area contributed by atoms with E-state index in [1.807, 2.05) is 33.4 Å². The van der Waals surface area contributed by atoms with Crippen LogP contribution in [0.15, 0.2) is 0 Å². The molecule has 0 aromatic heterocycles. The number of amides is 4. The van der Waals surface area contributed by atoms with Crippen molar-refractivity contribution in [3.05, 3.63) is 0 Å². The number of fused-ring (bicyclic) bond motifs is 1. The molecule has 4 rings (SSSR count). The van der Waals surface area contributed by atoms with Crippen molar-refractivity contribution in [2.24, 2.45) is 0 Å². The molecule has 0 saturated carbocycles. The van der Waals surface area contributed by atoms with Gasteiger partial charge in [-0.1, -0.05) is 0 Å². The van der Waals surface area contributed by atoms with Crippen molar-refractivity contribution in [2.75, 3.05) is 52.6 Å². The van der Waals surface area contributed by atoms with Gasteiger partial charge in [-0.05, 0) is 52.4 Å². The van der Waals surface area contributed by atoms with Gasteiger partial charge < -0.3 is 9.80 Å². The molecule has 4 aliphatic rings. The van der Waals surface area contributed by atoms with Crippen molar-refractivity contribution < 1.29 is 19.4 Å². The molecule has 8 nitrogen and oxygen atoms in total. The molecule has 2 N–H and O–H groups in total. The molecule has 4 heterocycles. The number of urea groups is 2. The number of rotatable bonds is 6. The van der Waals surface area contributed by atoms with Crippen LogP contribution >= 0.6 is 0 Å². The molecule has 4 amide bonds. The fraction of sp³-hybridized carbons (Fsp3) is 0.900. The molecule has 0 spiro atoms. The second-order valence-electron chi connectivity index (χ2n) is 8.84. The SMILES string of the molecule is CCN1C(=O)N(C[NH+]2CCCCC2)[C@H]2[C@@H]1N(C[NH+]1CCCCC1)C(=O)N2CC. The number of likely N-dealkylation sites (N-methyl/N-ethyl adjacent to an activating group) is 2. The largest absolute Gasteiger partial charge is 0.327 e. The second-order valence-corrected chi connectivity index (χ2v) is 8.84. The summed E-state index contributed by atoms with van der Waals surface area (Å²) in [7, 11) is 0. The Balaban J connectivity index is 1.56. The van der Waals surface area contributed by atoms with Gasteiger partial charge in [-0.25, -0.2) is 9.59 Å². The second kappa shape index (κ2) is 8.45. The van der Waals surface area contributed by atoms with Gasteiger partial charge in [-0.3, -0.25) is 19.6 Å². The lowest BCUT2D eigenvalue weighted by Gasteiger charge is -2.33. The molecule has 0 aliphatic carbocycles. The summed E-state index contributed by atoms with van der Waals surface area (Å²) in [5.74, 6) is 0. The van der Waals surface area contributed by atoms with E-state index < -0.39 is 0 Å². The molecule has 158 valence electrons. The standard InChI is InChI=1S/C20H36N6O2/c1-3-23-17-18(26(19(23)27)16-22-13-9-6-10-14-22)24(4-2)20(28)25(17)15-21-11-7-5-8-12-21/h17-18H,3-16H2,1-2H3/p+2/t17-,18-/m0/s1. The number of hydrogen-bond acceptors (Lipinski definition) is 2. The maximum absolute atomic E-state index is 13.3. The van der Waals surface area contributed by atoms with Crippen LogP contribution < -0.4 is 9.80 Å². The summed E-state index contributed by atoms with van der Waals surface area (Å²) >= 11 is 0. The van der Waals surface area contributed by atoms with Gasteiger partial charge in [0.05, 0.1) is 26.2 Å². The summed E-state index contributed by atoms with van der Waals surface area (Å²) in [4.78, 5) is 37.4. The summed E-state index contributed by atoms with van der Waals surface area (Å²) in [5.41, 5.74) is 0. The summed E-state index contributed by atoms with van der Waals surface area (Å²) in [6.07, 6.45) is 7.29. The van der Waals surface area contributed by atoms with Crippen LogP contribution in [0.4, 0.5) is 9.59 Å². The summed E-state index contributed by atoms with van der Waals surface area (Å²) in [5, 5.41) is 0. The zero-order valence-corrected chi connectivity index (χ0v) is 17.7. The molecule has 8 heteroatoms. The zero-order chi connectivity index (χ0) is 19.7. The van der Waals surface area contributed by atoms with Gasteiger partial charge in [-0.2, -0.15) is 0 Å². The fourth-order valence-electron chi connectivity index (χ4n) is 5.63. The first kappa shape index (κ1) is 19.8. The number of likely N-dealkylation sites (tertiary alicyclic amines) is 2. The van der Waals surface area contributed by atoms with E-state index in [1.54, 1.807) is 0 Å². The van der Waals surface area contributed by atoms with Crippen LogP contribution in [0.2, 0.25) is 0 Å². The van der Waals surface area contributed by atoms with Crippen molar-refractivity contribution >= 4 is 12.1 Å². The predicted octanol–water partition coefficient (Wildman–Crippen LogP) is -0.794. The van der Waals surface area contributed by atoms with Crippen LogP contribution in [0.25, 0.3) is 0 Å². The highest BCUT2D eigenvalue weighted by atomic mass is 16.2. The summed E-state index contributed by atoms with van der Waals surface area (Å²) < 4.78 is 0. The van der Waals surface area contributed by atoms with Gasteiger partial charge in [0.25, 0.3) is 0 Å². The lowest BCUT2D eigenvalue weighted by atomic mass is 10.1. The Bertz CT molecular complexity index is 525. The summed E-state index contributed by atoms with van der Waals surface area (Å²) in [6.45, 7) is 11.4. The van der Waals surface area contributed by atoms with Crippen molar-refractivity contribution in [2.45, 2.75) is 64.7 Å². The molecule has 2 atom stereocenters. The van der Waals surface area contributed by atoms with Gasteiger partial charge in [0.1, 0.15) is 0 Å². The number of nitrogens with zero attached hydrogens (tertiary/aromatic N) is 4. The monoisotopic (exact) mass is 394 g/mol. The summed E-state index contributed by atoms with van der Waals surface area (Å²) in [6, 6.07) is 0.223. The Morgan fingerprint density at radius 3 is 1.32 bits per heavy atom. The third-order valence-corrected chi connectivity index (χ3v) is 7.12. The molecule has 0 aromatic carbocycles. The van der Waals surface area contributed by atoms with Gasteiger partial charge in [0.2, 0.25) is 0 Å². The maximum atomic E-state index is 13.3. The van der Waals surface area contributed by atoms with Gasteiger partial charge >= 0.3 is 12.1 Å². The van der Waals surface area contributed by atoms with Crippen LogP contribution in [0.1, 0.15) is 52.4 Å². The smallest absolute Gasteiger partial charge is 0.318 e. The minimum Gasteiger partial charge on any atom is -0.318 e. The molecule has 0 bridgehead atoms. The molecular formula is C20H38N6O2+2. The Morgan fingerprint density at radius 2 is 1.00 bits per heavy atom. The molecule has 0 radical (unpaired) electrons. The van der Waals surface area contributed by atoms with Crippen molar-refractivity contribution in [1.29, 1.82) is 0 Å². The highest BCUT2D eigenvalue weighted by molar-refractivity contribution is 5.85. The topological polar surface area (TPSA) is 56.0 Å². The van der Waals surface area contributed by atoms with E-state index in [0.29, 0.717) is 13.1 Å². The Kier molecular flexibility index (Phi) is 5.96. The number of carbonyl (C=O) groups excluding carboxylic acids is 2. The number of carbonyl (C=O) groups is 2. The molecular weight excluding hydrogens is 356 g/mol. The van der Waals surface area contributed by atoms with Crippen molar-refractivity contribution in [1.82, 2.24) is 19.6 Å². The third-order valence-electron chi connectivity index (χ3n) is 7.12.